The van der Waals surface area contributed by atoms with E-state index >= 15 is 0 Å². The molecule has 0 aromatic carbocycles. The van der Waals surface area contributed by atoms with Crippen molar-refractivity contribution in [1.29, 1.82) is 0 Å². The summed E-state index contributed by atoms with van der Waals surface area (Å²) >= 11 is 1.91. The summed E-state index contributed by atoms with van der Waals surface area (Å²) in [4.78, 5) is 0. The van der Waals surface area contributed by atoms with E-state index in [-0.39, 0.29) is 0 Å². The van der Waals surface area contributed by atoms with Crippen molar-refractivity contribution in [3.8, 4) is 0 Å². The first-order valence-electron chi connectivity index (χ1n) is 5.33. The van der Waals surface area contributed by atoms with Gasteiger partial charge in [-0.2, -0.15) is 11.8 Å². The van der Waals surface area contributed by atoms with Gasteiger partial charge in [0, 0.05) is 6.04 Å². The molecule has 1 atom stereocenters. The molecule has 0 spiro atoms. The van der Waals surface area contributed by atoms with Crippen molar-refractivity contribution in [3.05, 3.63) is 0 Å². The fraction of sp³-hybridized carbons (Fsp3) is 1.00. The van der Waals surface area contributed by atoms with E-state index in [4.69, 9.17) is 5.84 Å². The smallest absolute Gasteiger partial charge is 0.0246 e. The van der Waals surface area contributed by atoms with Crippen molar-refractivity contribution < 1.29 is 0 Å². The van der Waals surface area contributed by atoms with Gasteiger partial charge in [0.05, 0.1) is 0 Å². The Kier molecular flexibility index (Phi) is 5.83. The van der Waals surface area contributed by atoms with Gasteiger partial charge in [0.15, 0.2) is 0 Å². The van der Waals surface area contributed by atoms with Crippen LogP contribution in [0.15, 0.2) is 0 Å². The number of nitrogens with one attached hydrogen (secondary N) is 1. The van der Waals surface area contributed by atoms with Crippen LogP contribution in [0.25, 0.3) is 0 Å². The highest BCUT2D eigenvalue weighted by atomic mass is 32.2. The summed E-state index contributed by atoms with van der Waals surface area (Å²) in [7, 11) is 0. The predicted molar refractivity (Wildman–Crippen MR) is 60.7 cm³/mol. The van der Waals surface area contributed by atoms with E-state index in [1.165, 1.54) is 44.3 Å². The third-order valence-electron chi connectivity index (χ3n) is 3.07. The maximum atomic E-state index is 5.59. The molecule has 0 radical (unpaired) electrons. The average Bonchev–Trinajstić information content (AvgIpc) is 2.21. The Hall–Kier alpha value is 0.270. The van der Waals surface area contributed by atoms with Gasteiger partial charge in [-0.3, -0.25) is 11.3 Å². The number of nitrogens with two attached hydrogens (primary N) is 1. The van der Waals surface area contributed by atoms with Gasteiger partial charge in [-0.1, -0.05) is 19.3 Å². The number of hydrazine groups is 1. The number of hydrogen-bond acceptors (Lipinski definition) is 3. The van der Waals surface area contributed by atoms with Crippen molar-refractivity contribution >= 4 is 11.8 Å². The SMILES string of the molecule is CSCCC(NN)C1CCCCC1. The third-order valence-corrected chi connectivity index (χ3v) is 3.71. The monoisotopic (exact) mass is 202 g/mol. The maximum Gasteiger partial charge on any atom is 0.0246 e. The Morgan fingerprint density at radius 2 is 2.08 bits per heavy atom. The lowest BCUT2D eigenvalue weighted by Crippen LogP contribution is -2.42. The van der Waals surface area contributed by atoms with Gasteiger partial charge in [-0.25, -0.2) is 0 Å². The molecule has 2 nitrogen and oxygen atoms in total. The summed E-state index contributed by atoms with van der Waals surface area (Å²) in [6, 6.07) is 0.563. The van der Waals surface area contributed by atoms with Gasteiger partial charge < -0.3 is 0 Å². The molecular weight excluding hydrogens is 180 g/mol. The summed E-state index contributed by atoms with van der Waals surface area (Å²) in [5.41, 5.74) is 2.99. The van der Waals surface area contributed by atoms with E-state index in [0.717, 1.165) is 5.92 Å². The van der Waals surface area contributed by atoms with E-state index < -0.39 is 0 Å². The van der Waals surface area contributed by atoms with Gasteiger partial charge >= 0.3 is 0 Å². The second-order valence-corrected chi connectivity index (χ2v) is 4.94. The van der Waals surface area contributed by atoms with E-state index in [0.29, 0.717) is 6.04 Å². The van der Waals surface area contributed by atoms with Crippen molar-refractivity contribution in [3.63, 3.8) is 0 Å². The minimum absolute atomic E-state index is 0.563. The first-order chi connectivity index (χ1) is 6.38. The third kappa shape index (κ3) is 3.88. The van der Waals surface area contributed by atoms with Crippen LogP contribution in [0.5, 0.6) is 0 Å². The molecule has 3 heteroatoms. The molecule has 1 fully saturated rings. The van der Waals surface area contributed by atoms with Crippen LogP contribution in [-0.4, -0.2) is 18.1 Å². The van der Waals surface area contributed by atoms with Crippen LogP contribution < -0.4 is 11.3 Å². The van der Waals surface area contributed by atoms with Crippen molar-refractivity contribution in [2.24, 2.45) is 11.8 Å². The molecule has 1 aliphatic carbocycles. The fourth-order valence-corrected chi connectivity index (χ4v) is 2.73. The molecule has 0 heterocycles. The van der Waals surface area contributed by atoms with Gasteiger partial charge in [0.1, 0.15) is 0 Å². The lowest BCUT2D eigenvalue weighted by atomic mass is 9.83. The highest BCUT2D eigenvalue weighted by molar-refractivity contribution is 7.98. The first-order valence-corrected chi connectivity index (χ1v) is 6.73. The quantitative estimate of drug-likeness (QED) is 0.530. The molecule has 1 aliphatic rings. The summed E-state index contributed by atoms with van der Waals surface area (Å²) < 4.78 is 0. The Morgan fingerprint density at radius 3 is 2.62 bits per heavy atom. The normalized spacial score (nSPS) is 21.7. The molecule has 1 saturated carbocycles. The molecule has 78 valence electrons. The molecule has 1 rings (SSSR count). The summed E-state index contributed by atoms with van der Waals surface area (Å²) in [5, 5.41) is 0. The molecule has 3 N–H and O–H groups in total. The molecule has 0 amide bonds. The Morgan fingerprint density at radius 1 is 1.38 bits per heavy atom. The van der Waals surface area contributed by atoms with Crippen LogP contribution in [0.3, 0.4) is 0 Å². The van der Waals surface area contributed by atoms with Crippen LogP contribution in [-0.2, 0) is 0 Å². The van der Waals surface area contributed by atoms with E-state index in [9.17, 15) is 0 Å². The molecule has 0 aliphatic heterocycles. The van der Waals surface area contributed by atoms with Crippen LogP contribution in [0.4, 0.5) is 0 Å². The minimum Gasteiger partial charge on any atom is -0.271 e. The molecule has 0 aromatic rings. The lowest BCUT2D eigenvalue weighted by Gasteiger charge is -2.29. The summed E-state index contributed by atoms with van der Waals surface area (Å²) in [6.07, 6.45) is 10.4. The van der Waals surface area contributed by atoms with Gasteiger partial charge in [0.25, 0.3) is 0 Å². The average molecular weight is 202 g/mol. The zero-order valence-corrected chi connectivity index (χ0v) is 9.41. The number of hydrogen-bond donors (Lipinski definition) is 2. The Balaban J connectivity index is 2.26. The first kappa shape index (κ1) is 11.3. The van der Waals surface area contributed by atoms with Crippen LogP contribution in [0, 0.1) is 5.92 Å². The standard InChI is InChI=1S/C10H22N2S/c1-13-8-7-10(12-11)9-5-3-2-4-6-9/h9-10,12H,2-8,11H2,1H3. The molecule has 0 bridgehead atoms. The Bertz CT molecular complexity index is 124. The zero-order valence-electron chi connectivity index (χ0n) is 8.59. The zero-order chi connectivity index (χ0) is 9.52. The molecule has 0 aromatic heterocycles. The van der Waals surface area contributed by atoms with E-state index in [1.54, 1.807) is 0 Å². The maximum absolute atomic E-state index is 5.59. The largest absolute Gasteiger partial charge is 0.271 e. The summed E-state index contributed by atoms with van der Waals surface area (Å²) in [5.74, 6) is 7.65. The number of rotatable bonds is 5. The van der Waals surface area contributed by atoms with Crippen LogP contribution in [0.2, 0.25) is 0 Å². The van der Waals surface area contributed by atoms with Crippen molar-refractivity contribution in [2.75, 3.05) is 12.0 Å². The van der Waals surface area contributed by atoms with Gasteiger partial charge in [-0.15, -0.1) is 0 Å². The fourth-order valence-electron chi connectivity index (χ4n) is 2.24. The van der Waals surface area contributed by atoms with Crippen molar-refractivity contribution in [1.82, 2.24) is 5.43 Å². The predicted octanol–water partition coefficient (Wildman–Crippen LogP) is 2.15. The number of thioether (sulfide) groups is 1. The molecular formula is C10H22N2S. The molecule has 13 heavy (non-hydrogen) atoms. The van der Waals surface area contributed by atoms with Crippen LogP contribution >= 0.6 is 11.8 Å². The van der Waals surface area contributed by atoms with Crippen LogP contribution in [0.1, 0.15) is 38.5 Å². The van der Waals surface area contributed by atoms with Gasteiger partial charge in [-0.05, 0) is 37.2 Å². The second-order valence-electron chi connectivity index (χ2n) is 3.95. The van der Waals surface area contributed by atoms with E-state index in [2.05, 4.69) is 11.7 Å². The second kappa shape index (κ2) is 6.68. The molecule has 0 saturated heterocycles. The molecule has 1 unspecified atom stereocenters. The minimum atomic E-state index is 0.563. The Labute approximate surface area is 86.0 Å². The highest BCUT2D eigenvalue weighted by Gasteiger charge is 2.21. The summed E-state index contributed by atoms with van der Waals surface area (Å²) in [6.45, 7) is 0. The topological polar surface area (TPSA) is 38.0 Å². The lowest BCUT2D eigenvalue weighted by molar-refractivity contribution is 0.266. The van der Waals surface area contributed by atoms with E-state index in [1.807, 2.05) is 11.8 Å². The highest BCUT2D eigenvalue weighted by Crippen LogP contribution is 2.27. The van der Waals surface area contributed by atoms with Gasteiger partial charge in [0.2, 0.25) is 0 Å². The van der Waals surface area contributed by atoms with Crippen molar-refractivity contribution in [2.45, 2.75) is 44.6 Å².